The highest BCUT2D eigenvalue weighted by atomic mass is 16.5. The van der Waals surface area contributed by atoms with Gasteiger partial charge in [-0.3, -0.25) is 14.7 Å². The molecule has 0 spiro atoms. The SMILES string of the molecule is CC(C)(CN1CCOCC1)NC(=O)c1cncc(-c2cncnc2)c1. The highest BCUT2D eigenvalue weighted by Crippen LogP contribution is 2.18. The summed E-state index contributed by atoms with van der Waals surface area (Å²) in [5.41, 5.74) is 1.83. The van der Waals surface area contributed by atoms with Crippen molar-refractivity contribution in [2.75, 3.05) is 32.8 Å². The van der Waals surface area contributed by atoms with Crippen LogP contribution in [0.3, 0.4) is 0 Å². The molecule has 7 heteroatoms. The summed E-state index contributed by atoms with van der Waals surface area (Å²) in [6, 6.07) is 1.81. The van der Waals surface area contributed by atoms with E-state index in [9.17, 15) is 4.79 Å². The minimum absolute atomic E-state index is 0.135. The Bertz CT molecular complexity index is 714. The molecule has 1 fully saturated rings. The summed E-state index contributed by atoms with van der Waals surface area (Å²) in [6.07, 6.45) is 8.16. The zero-order valence-electron chi connectivity index (χ0n) is 14.6. The maximum absolute atomic E-state index is 12.7. The Kier molecular flexibility index (Phi) is 5.35. The molecule has 1 saturated heterocycles. The van der Waals surface area contributed by atoms with Crippen molar-refractivity contribution in [1.29, 1.82) is 0 Å². The highest BCUT2D eigenvalue weighted by molar-refractivity contribution is 5.95. The van der Waals surface area contributed by atoms with Crippen molar-refractivity contribution in [1.82, 2.24) is 25.2 Å². The van der Waals surface area contributed by atoms with Crippen LogP contribution in [0.1, 0.15) is 24.2 Å². The number of pyridine rings is 1. The van der Waals surface area contributed by atoms with Crippen LogP contribution in [0.2, 0.25) is 0 Å². The molecule has 2 aromatic rings. The van der Waals surface area contributed by atoms with E-state index in [0.717, 1.165) is 44.0 Å². The normalized spacial score (nSPS) is 15.8. The van der Waals surface area contributed by atoms with Gasteiger partial charge in [0.1, 0.15) is 6.33 Å². The average Bonchev–Trinajstić information content (AvgIpc) is 2.62. The third-order valence-electron chi connectivity index (χ3n) is 4.07. The summed E-state index contributed by atoms with van der Waals surface area (Å²) in [6.45, 7) is 8.12. The fourth-order valence-corrected chi connectivity index (χ4v) is 2.91. The molecule has 0 aromatic carbocycles. The molecule has 1 N–H and O–H groups in total. The van der Waals surface area contributed by atoms with Crippen molar-refractivity contribution in [3.63, 3.8) is 0 Å². The Balaban J connectivity index is 1.68. The van der Waals surface area contributed by atoms with E-state index >= 15 is 0 Å². The Morgan fingerprint density at radius 2 is 1.80 bits per heavy atom. The Morgan fingerprint density at radius 1 is 1.12 bits per heavy atom. The van der Waals surface area contributed by atoms with E-state index in [2.05, 4.69) is 25.2 Å². The second kappa shape index (κ2) is 7.67. The van der Waals surface area contributed by atoms with Gasteiger partial charge in [0.25, 0.3) is 5.91 Å². The first-order valence-corrected chi connectivity index (χ1v) is 8.36. The van der Waals surface area contributed by atoms with Gasteiger partial charge >= 0.3 is 0 Å². The van der Waals surface area contributed by atoms with Crippen molar-refractivity contribution in [3.05, 3.63) is 42.7 Å². The lowest BCUT2D eigenvalue weighted by Crippen LogP contribution is -2.53. The predicted octanol–water partition coefficient (Wildman–Crippen LogP) is 1.38. The molecular formula is C18H23N5O2. The van der Waals surface area contributed by atoms with E-state index in [-0.39, 0.29) is 11.4 Å². The van der Waals surface area contributed by atoms with Gasteiger partial charge in [0, 0.05) is 61.1 Å². The average molecular weight is 341 g/mol. The molecule has 0 radical (unpaired) electrons. The molecule has 0 bridgehead atoms. The maximum Gasteiger partial charge on any atom is 0.253 e. The van der Waals surface area contributed by atoms with E-state index in [1.54, 1.807) is 24.8 Å². The minimum atomic E-state index is -0.347. The van der Waals surface area contributed by atoms with Crippen molar-refractivity contribution in [3.8, 4) is 11.1 Å². The lowest BCUT2D eigenvalue weighted by Gasteiger charge is -2.35. The van der Waals surface area contributed by atoms with Gasteiger partial charge < -0.3 is 10.1 Å². The first kappa shape index (κ1) is 17.4. The van der Waals surface area contributed by atoms with E-state index < -0.39 is 0 Å². The fourth-order valence-electron chi connectivity index (χ4n) is 2.91. The third-order valence-corrected chi connectivity index (χ3v) is 4.07. The van der Waals surface area contributed by atoms with Gasteiger partial charge in [-0.1, -0.05) is 0 Å². The first-order chi connectivity index (χ1) is 12.0. The number of hydrogen-bond donors (Lipinski definition) is 1. The first-order valence-electron chi connectivity index (χ1n) is 8.36. The van der Waals surface area contributed by atoms with Crippen LogP contribution in [0, 0.1) is 0 Å². The van der Waals surface area contributed by atoms with E-state index in [1.165, 1.54) is 6.33 Å². The number of ether oxygens (including phenoxy) is 1. The zero-order valence-corrected chi connectivity index (χ0v) is 14.6. The molecule has 7 nitrogen and oxygen atoms in total. The Hall–Kier alpha value is -2.38. The largest absolute Gasteiger partial charge is 0.379 e. The summed E-state index contributed by atoms with van der Waals surface area (Å²) in [5.74, 6) is -0.135. The van der Waals surface area contributed by atoms with Crippen LogP contribution < -0.4 is 5.32 Å². The number of nitrogens with zero attached hydrogens (tertiary/aromatic N) is 4. The predicted molar refractivity (Wildman–Crippen MR) is 94.1 cm³/mol. The molecule has 1 amide bonds. The quantitative estimate of drug-likeness (QED) is 0.885. The number of morpholine rings is 1. The van der Waals surface area contributed by atoms with Gasteiger partial charge in [-0.2, -0.15) is 0 Å². The van der Waals surface area contributed by atoms with E-state index in [0.29, 0.717) is 5.56 Å². The number of aromatic nitrogens is 3. The van der Waals surface area contributed by atoms with Crippen molar-refractivity contribution in [2.24, 2.45) is 0 Å². The smallest absolute Gasteiger partial charge is 0.253 e. The monoisotopic (exact) mass is 341 g/mol. The second-order valence-corrected chi connectivity index (χ2v) is 6.82. The van der Waals surface area contributed by atoms with Crippen molar-refractivity contribution >= 4 is 5.91 Å². The maximum atomic E-state index is 12.7. The fraction of sp³-hybridized carbons (Fsp3) is 0.444. The Labute approximate surface area is 147 Å². The molecule has 3 rings (SSSR count). The lowest BCUT2D eigenvalue weighted by atomic mass is 10.0. The van der Waals surface area contributed by atoms with Gasteiger partial charge in [-0.25, -0.2) is 9.97 Å². The third kappa shape index (κ3) is 4.80. The molecule has 25 heavy (non-hydrogen) atoms. The topological polar surface area (TPSA) is 80.2 Å². The molecule has 132 valence electrons. The zero-order chi connectivity index (χ0) is 17.7. The molecule has 1 aliphatic rings. The van der Waals surface area contributed by atoms with Crippen molar-refractivity contribution in [2.45, 2.75) is 19.4 Å². The number of carbonyl (C=O) groups excluding carboxylic acids is 1. The van der Waals surface area contributed by atoms with Gasteiger partial charge in [-0.05, 0) is 19.9 Å². The summed E-state index contributed by atoms with van der Waals surface area (Å²) in [4.78, 5) is 27.2. The number of carbonyl (C=O) groups is 1. The van der Waals surface area contributed by atoms with Gasteiger partial charge in [0.05, 0.1) is 18.8 Å². The standard InChI is InChI=1S/C18H23N5O2/c1-18(2,12-23-3-5-25-6-4-23)22-17(24)15-7-14(8-19-9-15)16-10-20-13-21-11-16/h7-11,13H,3-6,12H2,1-2H3,(H,22,24). The summed E-state index contributed by atoms with van der Waals surface area (Å²) < 4.78 is 5.37. The lowest BCUT2D eigenvalue weighted by molar-refractivity contribution is 0.0269. The van der Waals surface area contributed by atoms with Crippen LogP contribution in [-0.2, 0) is 4.74 Å². The van der Waals surface area contributed by atoms with Crippen LogP contribution >= 0.6 is 0 Å². The molecule has 2 aromatic heterocycles. The summed E-state index contributed by atoms with van der Waals surface area (Å²) in [7, 11) is 0. The van der Waals surface area contributed by atoms with Gasteiger partial charge in [-0.15, -0.1) is 0 Å². The van der Waals surface area contributed by atoms with E-state index in [1.807, 2.05) is 19.9 Å². The van der Waals surface area contributed by atoms with Gasteiger partial charge in [0.15, 0.2) is 0 Å². The van der Waals surface area contributed by atoms with Crippen LogP contribution in [-0.4, -0.2) is 64.1 Å². The molecular weight excluding hydrogens is 318 g/mol. The molecule has 0 aliphatic carbocycles. The Morgan fingerprint density at radius 3 is 2.52 bits per heavy atom. The molecule has 0 saturated carbocycles. The van der Waals surface area contributed by atoms with Crippen LogP contribution in [0.25, 0.3) is 11.1 Å². The molecule has 0 unspecified atom stereocenters. The van der Waals surface area contributed by atoms with Crippen LogP contribution in [0.15, 0.2) is 37.2 Å². The molecule has 3 heterocycles. The highest BCUT2D eigenvalue weighted by Gasteiger charge is 2.25. The number of hydrogen-bond acceptors (Lipinski definition) is 6. The van der Waals surface area contributed by atoms with Crippen LogP contribution in [0.4, 0.5) is 0 Å². The van der Waals surface area contributed by atoms with Crippen LogP contribution in [0.5, 0.6) is 0 Å². The minimum Gasteiger partial charge on any atom is -0.379 e. The molecule has 0 atom stereocenters. The van der Waals surface area contributed by atoms with Gasteiger partial charge in [0.2, 0.25) is 0 Å². The van der Waals surface area contributed by atoms with E-state index in [4.69, 9.17) is 4.74 Å². The summed E-state index contributed by atoms with van der Waals surface area (Å²) in [5, 5.41) is 3.11. The second-order valence-electron chi connectivity index (χ2n) is 6.82. The van der Waals surface area contributed by atoms with Crippen molar-refractivity contribution < 1.29 is 9.53 Å². The number of amides is 1. The number of nitrogens with one attached hydrogen (secondary N) is 1. The molecule has 1 aliphatic heterocycles. The summed E-state index contributed by atoms with van der Waals surface area (Å²) >= 11 is 0. The number of rotatable bonds is 5.